The van der Waals surface area contributed by atoms with Gasteiger partial charge in [0.1, 0.15) is 0 Å². The monoisotopic (exact) mass is 586 g/mol. The quantitative estimate of drug-likeness (QED) is 0.270. The van der Waals surface area contributed by atoms with Gasteiger partial charge in [0.2, 0.25) is 5.82 Å². The third-order valence-corrected chi connectivity index (χ3v) is 8.51. The molecule has 0 spiro atoms. The summed E-state index contributed by atoms with van der Waals surface area (Å²) in [4.78, 5) is 30.7. The number of benzene rings is 1. The number of hydrogen-bond acceptors (Lipinski definition) is 5. The first-order chi connectivity index (χ1) is 19.1. The van der Waals surface area contributed by atoms with Crippen LogP contribution in [0, 0.1) is 5.92 Å². The molecular weight excluding hydrogens is 549 g/mol. The Morgan fingerprint density at radius 2 is 1.80 bits per heavy atom. The summed E-state index contributed by atoms with van der Waals surface area (Å²) in [6.45, 7) is 0.862. The minimum absolute atomic E-state index is 0.0357. The molecule has 5 atom stereocenters. The van der Waals surface area contributed by atoms with Crippen molar-refractivity contribution in [3.63, 3.8) is 0 Å². The second-order valence-corrected chi connectivity index (χ2v) is 11.6. The third kappa shape index (κ3) is 7.28. The summed E-state index contributed by atoms with van der Waals surface area (Å²) in [7, 11) is 0. The molecule has 1 aliphatic heterocycles. The second-order valence-electron chi connectivity index (χ2n) is 10.9. The predicted molar refractivity (Wildman–Crippen MR) is 145 cm³/mol. The number of hydrogen-bond donors (Lipinski definition) is 3. The third-order valence-electron chi connectivity index (χ3n) is 8.11. The Hall–Kier alpha value is -2.37. The van der Waals surface area contributed by atoms with Gasteiger partial charge in [-0.15, -0.1) is 11.6 Å². The van der Waals surface area contributed by atoms with Crippen molar-refractivity contribution < 1.29 is 33.0 Å². The Labute approximate surface area is 236 Å². The van der Waals surface area contributed by atoms with Gasteiger partial charge in [0.25, 0.3) is 11.8 Å². The summed E-state index contributed by atoms with van der Waals surface area (Å²) < 4.78 is 41.5. The zero-order chi connectivity index (χ0) is 28.9. The number of rotatable bonds is 11. The van der Waals surface area contributed by atoms with Crippen LogP contribution in [0.15, 0.2) is 24.3 Å². The van der Waals surface area contributed by atoms with Crippen molar-refractivity contribution in [2.24, 2.45) is 5.92 Å². The molecule has 2 heterocycles. The minimum atomic E-state index is -4.55. The average molecular weight is 587 g/mol. The van der Waals surface area contributed by atoms with Crippen LogP contribution in [-0.2, 0) is 22.3 Å². The number of fused-ring (bicyclic) bond motifs is 1. The number of aryl methyl sites for hydroxylation is 1. The number of carbonyl (C=O) groups excluding carboxylic acids is 2. The highest BCUT2D eigenvalue weighted by Crippen LogP contribution is 2.36. The van der Waals surface area contributed by atoms with Gasteiger partial charge in [0.15, 0.2) is 12.2 Å². The molecule has 2 fully saturated rings. The van der Waals surface area contributed by atoms with Crippen molar-refractivity contribution in [3.8, 4) is 0 Å². The van der Waals surface area contributed by atoms with Crippen molar-refractivity contribution in [1.82, 2.24) is 19.8 Å². The summed E-state index contributed by atoms with van der Waals surface area (Å²) in [6, 6.07) is 6.46. The second kappa shape index (κ2) is 13.5. The molecule has 4 rings (SSSR count). The molecule has 1 aromatic carbocycles. The number of amides is 2. The lowest BCUT2D eigenvalue weighted by Crippen LogP contribution is -2.53. The molecule has 2 aromatic rings. The molecule has 1 saturated carbocycles. The number of nitrogens with one attached hydrogen (secondary N) is 1. The number of unbranched alkanes of at least 4 members (excludes halogenated alkanes) is 3. The Bertz CT molecular complexity index is 1160. The summed E-state index contributed by atoms with van der Waals surface area (Å²) >= 11 is 6.34. The lowest BCUT2D eigenvalue weighted by molar-refractivity contribution is -0.154. The van der Waals surface area contributed by atoms with Crippen molar-refractivity contribution >= 4 is 34.4 Å². The number of aromatic nitrogens is 2. The smallest absolute Gasteiger partial charge is 0.380 e. The van der Waals surface area contributed by atoms with Gasteiger partial charge >= 0.3 is 6.18 Å². The number of imidazole rings is 1. The average Bonchev–Trinajstić information content (AvgIpc) is 3.56. The van der Waals surface area contributed by atoms with E-state index in [1.54, 1.807) is 29.2 Å². The van der Waals surface area contributed by atoms with Gasteiger partial charge in [-0.1, -0.05) is 31.4 Å². The Balaban J connectivity index is 1.18. The van der Waals surface area contributed by atoms with E-state index in [1.807, 2.05) is 0 Å². The largest absolute Gasteiger partial charge is 0.449 e. The van der Waals surface area contributed by atoms with Gasteiger partial charge in [0, 0.05) is 31.1 Å². The van der Waals surface area contributed by atoms with Crippen LogP contribution in [0.2, 0.25) is 0 Å². The Morgan fingerprint density at radius 1 is 1.05 bits per heavy atom. The fraction of sp³-hybridized carbons (Fsp3) is 0.679. The van der Waals surface area contributed by atoms with Gasteiger partial charge < -0.3 is 25.0 Å². The van der Waals surface area contributed by atoms with E-state index in [0.717, 1.165) is 38.5 Å². The van der Waals surface area contributed by atoms with Crippen LogP contribution < -0.4 is 5.32 Å². The van der Waals surface area contributed by atoms with Crippen LogP contribution >= 0.6 is 11.6 Å². The van der Waals surface area contributed by atoms with E-state index < -0.39 is 36.0 Å². The van der Waals surface area contributed by atoms with E-state index in [4.69, 9.17) is 11.6 Å². The van der Waals surface area contributed by atoms with E-state index in [2.05, 4.69) is 10.3 Å². The van der Waals surface area contributed by atoms with E-state index in [1.165, 1.54) is 4.57 Å². The topological polar surface area (TPSA) is 108 Å². The number of nitrogens with zero attached hydrogens (tertiary/aromatic N) is 3. The first-order valence-electron chi connectivity index (χ1n) is 14.2. The molecule has 0 bridgehead atoms. The van der Waals surface area contributed by atoms with Crippen molar-refractivity contribution in [2.75, 3.05) is 13.1 Å². The van der Waals surface area contributed by atoms with E-state index in [9.17, 15) is 33.0 Å². The number of halogens is 4. The molecule has 2 aliphatic rings. The molecule has 8 nitrogen and oxygen atoms in total. The maximum absolute atomic E-state index is 13.4. The first kappa shape index (κ1) is 30.6. The molecule has 1 saturated heterocycles. The number of para-hydroxylation sites is 2. The lowest BCUT2D eigenvalue weighted by atomic mass is 9.82. The summed E-state index contributed by atoms with van der Waals surface area (Å²) in [5.41, 5.74) is 0.737. The number of likely N-dealkylation sites (tertiary alicyclic amines) is 1. The van der Waals surface area contributed by atoms with Crippen molar-refractivity contribution in [3.05, 3.63) is 30.1 Å². The zero-order valence-electron chi connectivity index (χ0n) is 22.5. The van der Waals surface area contributed by atoms with Crippen molar-refractivity contribution in [2.45, 2.75) is 101 Å². The van der Waals surface area contributed by atoms with Gasteiger partial charge in [-0.25, -0.2) is 4.98 Å². The molecule has 40 heavy (non-hydrogen) atoms. The van der Waals surface area contributed by atoms with Crippen LogP contribution in [0.25, 0.3) is 11.0 Å². The zero-order valence-corrected chi connectivity index (χ0v) is 23.2. The molecule has 222 valence electrons. The first-order valence-corrected chi connectivity index (χ1v) is 14.6. The molecule has 3 unspecified atom stereocenters. The summed E-state index contributed by atoms with van der Waals surface area (Å²) in [6.07, 6.45) is -0.585. The SMILES string of the molecule is O=C(NCCCCCCn1c(C(F)(F)F)nc2ccccc21)[C@H](O)[C@@H](O)C(=O)N1CCCC1C1CCCC(Cl)C1. The van der Waals surface area contributed by atoms with Gasteiger partial charge in [0.05, 0.1) is 11.0 Å². The number of carbonyl (C=O) groups is 2. The number of alkyl halides is 4. The highest BCUT2D eigenvalue weighted by molar-refractivity contribution is 6.20. The molecule has 2 amide bonds. The molecule has 0 radical (unpaired) electrons. The van der Waals surface area contributed by atoms with Crippen LogP contribution in [0.5, 0.6) is 0 Å². The van der Waals surface area contributed by atoms with Gasteiger partial charge in [-0.05, 0) is 63.0 Å². The van der Waals surface area contributed by atoms with Gasteiger partial charge in [-0.2, -0.15) is 13.2 Å². The highest BCUT2D eigenvalue weighted by atomic mass is 35.5. The normalized spacial score (nSPS) is 23.4. The van der Waals surface area contributed by atoms with Crippen LogP contribution in [0.3, 0.4) is 0 Å². The van der Waals surface area contributed by atoms with Gasteiger partial charge in [-0.3, -0.25) is 9.59 Å². The maximum atomic E-state index is 13.4. The molecule has 1 aliphatic carbocycles. The van der Waals surface area contributed by atoms with E-state index in [0.29, 0.717) is 43.3 Å². The molecule has 12 heteroatoms. The fourth-order valence-electron chi connectivity index (χ4n) is 6.10. The minimum Gasteiger partial charge on any atom is -0.380 e. The fourth-order valence-corrected chi connectivity index (χ4v) is 6.49. The standard InChI is InChI=1S/C28H38ClF3N4O4/c29-19-10-7-9-18(17-19)21-13-8-16-35(21)26(40)24(38)23(37)25(39)33-14-5-1-2-6-15-36-22-12-4-3-11-20(22)34-27(36)28(30,31)32/h3-4,11-12,18-19,21,23-24,37-38H,1-2,5-10,13-17H2,(H,33,39)/t18?,19?,21?,23-,24-/m1/s1. The summed E-state index contributed by atoms with van der Waals surface area (Å²) in [5, 5.41) is 23.5. The van der Waals surface area contributed by atoms with E-state index >= 15 is 0 Å². The molecule has 3 N–H and O–H groups in total. The number of aliphatic hydroxyl groups is 2. The molecule has 1 aromatic heterocycles. The van der Waals surface area contributed by atoms with Crippen LogP contribution in [0.4, 0.5) is 13.2 Å². The lowest BCUT2D eigenvalue weighted by Gasteiger charge is -2.36. The Morgan fingerprint density at radius 3 is 2.55 bits per heavy atom. The van der Waals surface area contributed by atoms with Crippen molar-refractivity contribution in [1.29, 1.82) is 0 Å². The Kier molecular flexibility index (Phi) is 10.3. The van der Waals surface area contributed by atoms with Crippen LogP contribution in [0.1, 0.15) is 70.0 Å². The highest BCUT2D eigenvalue weighted by Gasteiger charge is 2.41. The van der Waals surface area contributed by atoms with Crippen LogP contribution in [-0.4, -0.2) is 73.2 Å². The number of aliphatic hydroxyl groups excluding tert-OH is 2. The maximum Gasteiger partial charge on any atom is 0.449 e. The summed E-state index contributed by atoms with van der Waals surface area (Å²) in [5.74, 6) is -2.11. The van der Waals surface area contributed by atoms with E-state index in [-0.39, 0.29) is 30.4 Å². The predicted octanol–water partition coefficient (Wildman–Crippen LogP) is 4.24. The molecular formula is C28H38ClF3N4O4.